The summed E-state index contributed by atoms with van der Waals surface area (Å²) in [5, 5.41) is 16.6. The van der Waals surface area contributed by atoms with Crippen LogP contribution in [0.1, 0.15) is 0 Å². The lowest BCUT2D eigenvalue weighted by molar-refractivity contribution is 0.673. The number of furan rings is 1. The van der Waals surface area contributed by atoms with Crippen molar-refractivity contribution in [2.45, 2.75) is 0 Å². The first kappa shape index (κ1) is 38.1. The van der Waals surface area contributed by atoms with Crippen molar-refractivity contribution in [3.05, 3.63) is 237 Å². The Morgan fingerprint density at radius 1 is 0.309 bits per heavy atom. The molecule has 0 aliphatic heterocycles. The fraction of sp³-hybridized carbons (Fsp3) is 0. The lowest BCUT2D eigenvalue weighted by Crippen LogP contribution is -2.05. The number of fused-ring (bicyclic) bond motifs is 10. The first-order chi connectivity index (χ1) is 33.8. The van der Waals surface area contributed by atoms with Crippen LogP contribution in [-0.2, 0) is 0 Å². The highest BCUT2D eigenvalue weighted by Crippen LogP contribution is 2.44. The van der Waals surface area contributed by atoms with E-state index in [1.165, 1.54) is 5.39 Å². The van der Waals surface area contributed by atoms with Crippen LogP contribution in [0.3, 0.4) is 0 Å². The molecule has 0 spiro atoms. The second kappa shape index (κ2) is 15.2. The van der Waals surface area contributed by atoms with Gasteiger partial charge in [0.25, 0.3) is 0 Å². The third-order valence-corrected chi connectivity index (χ3v) is 13.6. The molecule has 0 N–H and O–H groups in total. The summed E-state index contributed by atoms with van der Waals surface area (Å²) in [5.74, 6) is 1.55. The highest BCUT2D eigenvalue weighted by Gasteiger charge is 2.25. The van der Waals surface area contributed by atoms with Crippen LogP contribution in [0, 0.1) is 0 Å². The van der Waals surface area contributed by atoms with Gasteiger partial charge in [0.15, 0.2) is 11.6 Å². The quantitative estimate of drug-likeness (QED) is 0.160. The topological polar surface area (TPSA) is 53.7 Å². The van der Waals surface area contributed by atoms with Crippen molar-refractivity contribution in [1.82, 2.24) is 23.9 Å². The number of nitrogens with zero attached hydrogens (tertiary/aromatic N) is 5. The molecule has 14 aromatic rings. The lowest BCUT2D eigenvalue weighted by atomic mass is 9.96. The molecule has 0 amide bonds. The smallest absolute Gasteiger partial charge is 0.168 e. The predicted octanol–water partition coefficient (Wildman–Crippen LogP) is 16.0. The van der Waals surface area contributed by atoms with Crippen LogP contribution >= 0.6 is 0 Å². The van der Waals surface area contributed by atoms with Crippen molar-refractivity contribution in [3.8, 4) is 62.1 Å². The molecule has 10 aromatic carbocycles. The monoisotopic (exact) mass is 869 g/mol. The van der Waals surface area contributed by atoms with Crippen LogP contribution in [0.5, 0.6) is 0 Å². The SMILES string of the molecule is c1ccc(-c2nnc(-c3ccccc3)n2-c2cccc3c4ccccc4n(-c4ccccc4-c4cccc(-c5ccccc5-n5c6ccccc6c6c7oc8ccccc8c7ccc65)c4)c23)cc1. The standard InChI is InChI=1S/C62H39N5O/c1-3-19-40(20-4-1)61-63-64-62(41-21-5-2-6-22-41)67(61)56-35-18-30-48-46-27-9-14-33-53(46)66(59(48)56)52-32-13-8-26-45(52)43-24-17-23-42(39-43)44-25-7-12-31-51(44)65-54-34-15-10-29-50(54)58-55(65)38-37-49-47-28-11-16-36-57(47)68-60(49)58/h1-39H. The summed E-state index contributed by atoms with van der Waals surface area (Å²) in [6.45, 7) is 0. The molecule has 0 atom stereocenters. The average Bonchev–Trinajstić information content (AvgIpc) is 4.19. The molecule has 4 heterocycles. The maximum Gasteiger partial charge on any atom is 0.168 e. The minimum absolute atomic E-state index is 0.777. The Bertz CT molecular complexity index is 4210. The van der Waals surface area contributed by atoms with Crippen LogP contribution in [-0.4, -0.2) is 23.9 Å². The van der Waals surface area contributed by atoms with Crippen LogP contribution < -0.4 is 0 Å². The van der Waals surface area contributed by atoms with E-state index in [1.807, 2.05) is 18.2 Å². The number of para-hydroxylation sites is 6. The predicted molar refractivity (Wildman–Crippen MR) is 279 cm³/mol. The van der Waals surface area contributed by atoms with Crippen LogP contribution in [0.2, 0.25) is 0 Å². The van der Waals surface area contributed by atoms with E-state index >= 15 is 0 Å². The second-order valence-electron chi connectivity index (χ2n) is 17.3. The van der Waals surface area contributed by atoms with E-state index in [9.17, 15) is 0 Å². The normalized spacial score (nSPS) is 11.8. The zero-order chi connectivity index (χ0) is 44.7. The maximum atomic E-state index is 6.66. The summed E-state index contributed by atoms with van der Waals surface area (Å²) in [6, 6.07) is 84.1. The number of rotatable bonds is 7. The van der Waals surface area contributed by atoms with Crippen LogP contribution in [0.25, 0.3) is 128 Å². The zero-order valence-corrected chi connectivity index (χ0v) is 36.7. The van der Waals surface area contributed by atoms with Gasteiger partial charge in [-0.1, -0.05) is 182 Å². The molecule has 6 heteroatoms. The van der Waals surface area contributed by atoms with E-state index in [1.54, 1.807) is 0 Å². The van der Waals surface area contributed by atoms with Gasteiger partial charge in [-0.3, -0.25) is 4.57 Å². The van der Waals surface area contributed by atoms with Crippen molar-refractivity contribution in [2.24, 2.45) is 0 Å². The number of hydrogen-bond donors (Lipinski definition) is 0. The molecule has 0 saturated heterocycles. The Labute approximate surface area is 390 Å². The first-order valence-corrected chi connectivity index (χ1v) is 23.0. The van der Waals surface area contributed by atoms with Gasteiger partial charge < -0.3 is 13.6 Å². The zero-order valence-electron chi connectivity index (χ0n) is 36.7. The summed E-state index contributed by atoms with van der Waals surface area (Å²) in [6.07, 6.45) is 0. The van der Waals surface area contributed by atoms with Crippen molar-refractivity contribution in [2.75, 3.05) is 0 Å². The molecule has 0 aliphatic rings. The van der Waals surface area contributed by atoms with Gasteiger partial charge in [-0.2, -0.15) is 0 Å². The Morgan fingerprint density at radius 2 is 0.809 bits per heavy atom. The van der Waals surface area contributed by atoms with Gasteiger partial charge in [0.1, 0.15) is 11.2 Å². The summed E-state index contributed by atoms with van der Waals surface area (Å²) in [7, 11) is 0. The summed E-state index contributed by atoms with van der Waals surface area (Å²) >= 11 is 0. The van der Waals surface area contributed by atoms with Gasteiger partial charge in [0.05, 0.1) is 44.5 Å². The Morgan fingerprint density at radius 3 is 1.50 bits per heavy atom. The molecule has 0 unspecified atom stereocenters. The van der Waals surface area contributed by atoms with E-state index in [0.29, 0.717) is 0 Å². The van der Waals surface area contributed by atoms with E-state index in [-0.39, 0.29) is 0 Å². The van der Waals surface area contributed by atoms with Crippen molar-refractivity contribution in [3.63, 3.8) is 0 Å². The van der Waals surface area contributed by atoms with Crippen LogP contribution in [0.4, 0.5) is 0 Å². The molecule has 68 heavy (non-hydrogen) atoms. The molecule has 4 aromatic heterocycles. The molecular formula is C62H39N5O. The largest absolute Gasteiger partial charge is 0.455 e. The molecule has 0 fully saturated rings. The van der Waals surface area contributed by atoms with Crippen molar-refractivity contribution >= 4 is 65.6 Å². The number of benzene rings is 10. The summed E-state index contributed by atoms with van der Waals surface area (Å²) in [4.78, 5) is 0. The fourth-order valence-corrected chi connectivity index (χ4v) is 10.7. The van der Waals surface area contributed by atoms with Gasteiger partial charge in [-0.15, -0.1) is 10.2 Å². The second-order valence-corrected chi connectivity index (χ2v) is 17.3. The minimum Gasteiger partial charge on any atom is -0.455 e. The maximum absolute atomic E-state index is 6.66. The van der Waals surface area contributed by atoms with Gasteiger partial charge in [0, 0.05) is 49.2 Å². The third-order valence-electron chi connectivity index (χ3n) is 13.6. The van der Waals surface area contributed by atoms with Crippen LogP contribution in [0.15, 0.2) is 241 Å². The van der Waals surface area contributed by atoms with Crippen molar-refractivity contribution in [1.29, 1.82) is 0 Å². The third kappa shape index (κ3) is 5.71. The summed E-state index contributed by atoms with van der Waals surface area (Å²) in [5.41, 5.74) is 15.9. The number of aromatic nitrogens is 5. The molecule has 0 aliphatic carbocycles. The molecule has 0 radical (unpaired) electrons. The highest BCUT2D eigenvalue weighted by molar-refractivity contribution is 6.24. The highest BCUT2D eigenvalue weighted by atomic mass is 16.3. The first-order valence-electron chi connectivity index (χ1n) is 23.0. The molecule has 0 saturated carbocycles. The average molecular weight is 870 g/mol. The lowest BCUT2D eigenvalue weighted by Gasteiger charge is -2.18. The molecule has 6 nitrogen and oxygen atoms in total. The molecular weight excluding hydrogens is 831 g/mol. The summed E-state index contributed by atoms with van der Waals surface area (Å²) < 4.78 is 13.7. The Hall–Kier alpha value is -9.26. The van der Waals surface area contributed by atoms with E-state index in [2.05, 4.69) is 232 Å². The molecule has 14 rings (SSSR count). The fourth-order valence-electron chi connectivity index (χ4n) is 10.7. The molecule has 0 bridgehead atoms. The van der Waals surface area contributed by atoms with E-state index < -0.39 is 0 Å². The minimum atomic E-state index is 0.777. The van der Waals surface area contributed by atoms with Gasteiger partial charge >= 0.3 is 0 Å². The molecule has 318 valence electrons. The van der Waals surface area contributed by atoms with E-state index in [0.717, 1.165) is 122 Å². The Balaban J connectivity index is 0.976. The van der Waals surface area contributed by atoms with Crippen molar-refractivity contribution < 1.29 is 4.42 Å². The van der Waals surface area contributed by atoms with E-state index in [4.69, 9.17) is 14.6 Å². The van der Waals surface area contributed by atoms with Gasteiger partial charge in [0.2, 0.25) is 0 Å². The van der Waals surface area contributed by atoms with Gasteiger partial charge in [-0.05, 0) is 65.7 Å². The van der Waals surface area contributed by atoms with Gasteiger partial charge in [-0.25, -0.2) is 0 Å². The Kier molecular flexibility index (Phi) is 8.48. The number of hydrogen-bond acceptors (Lipinski definition) is 3.